The van der Waals surface area contributed by atoms with Gasteiger partial charge in [0.25, 0.3) is 35.4 Å². The van der Waals surface area contributed by atoms with E-state index in [1.807, 2.05) is 0 Å². The molecule has 0 radical (unpaired) electrons. The van der Waals surface area contributed by atoms with Crippen molar-refractivity contribution in [3.8, 4) is 0 Å². The van der Waals surface area contributed by atoms with Crippen molar-refractivity contribution in [3.63, 3.8) is 0 Å². The van der Waals surface area contributed by atoms with Gasteiger partial charge in [0.15, 0.2) is 0 Å². The van der Waals surface area contributed by atoms with Gasteiger partial charge in [0.2, 0.25) is 0 Å². The Hall–Kier alpha value is 0.950. The first-order valence-electron chi connectivity index (χ1n) is 14.9. The molecule has 3 aromatic rings. The molecule has 0 unspecified atom stereocenters. The maximum absolute atomic E-state index is 14.2. The Bertz CT molecular complexity index is 2030. The number of phosphoric ester groups is 1. The number of nitrogens with zero attached hydrogens (tertiary/aromatic N) is 3. The lowest BCUT2D eigenvalue weighted by atomic mass is 10.1. The predicted octanol–water partition coefficient (Wildman–Crippen LogP) is 12.2. The number of hydrogen-bond acceptors (Lipinski definition) is 10. The van der Waals surface area contributed by atoms with E-state index in [4.69, 9.17) is 13.6 Å². The molecule has 3 aliphatic heterocycles. The van der Waals surface area contributed by atoms with Crippen LogP contribution in [-0.2, 0) is 18.1 Å². The molecule has 26 heteroatoms. The van der Waals surface area contributed by atoms with Crippen molar-refractivity contribution in [2.45, 2.75) is 0 Å². The zero-order chi connectivity index (χ0) is 41.5. The van der Waals surface area contributed by atoms with Crippen LogP contribution in [0.3, 0.4) is 0 Å². The second-order valence-corrected chi connectivity index (χ2v) is 22.4. The predicted molar refractivity (Wildman–Crippen MR) is 243 cm³/mol. The third-order valence-electron chi connectivity index (χ3n) is 8.25. The van der Waals surface area contributed by atoms with Gasteiger partial charge in [-0.2, -0.15) is 0 Å². The van der Waals surface area contributed by atoms with Gasteiger partial charge in [0.1, 0.15) is 0 Å². The van der Waals surface area contributed by atoms with Crippen molar-refractivity contribution in [2.75, 3.05) is 39.5 Å². The average molecular weight is 1560 g/mol. The number of rotatable bonds is 12. The third kappa shape index (κ3) is 7.94. The summed E-state index contributed by atoms with van der Waals surface area (Å²) in [6, 6.07) is 0. The fraction of sp³-hybridized carbons (Fsp3) is 0.200. The number of carbonyl (C=O) groups is 6. The summed E-state index contributed by atoms with van der Waals surface area (Å²) >= 11 is 40.4. The van der Waals surface area contributed by atoms with Gasteiger partial charge >= 0.3 is 7.82 Å². The van der Waals surface area contributed by atoms with Crippen LogP contribution in [0, 0.1) is 0 Å². The van der Waals surface area contributed by atoms with Gasteiger partial charge < -0.3 is 0 Å². The number of carbonyl (C=O) groups excluding carboxylic acids is 6. The average Bonchev–Trinajstić information content (AvgIpc) is 3.67. The molecular weight excluding hydrogens is 1550 g/mol. The number of halogens is 12. The van der Waals surface area contributed by atoms with E-state index in [-0.39, 0.29) is 33.4 Å². The topological polar surface area (TPSA) is 157 Å². The lowest BCUT2D eigenvalue weighted by molar-refractivity contribution is 0.0535. The lowest BCUT2D eigenvalue weighted by Crippen LogP contribution is -2.34. The Morgan fingerprint density at radius 1 is 0.321 bits per heavy atom. The molecule has 56 heavy (non-hydrogen) atoms. The molecule has 0 aromatic heterocycles. The quantitative estimate of drug-likeness (QED) is 0.0740. The first-order chi connectivity index (χ1) is 26.2. The van der Waals surface area contributed by atoms with Gasteiger partial charge in [0.05, 0.1) is 72.8 Å². The number of amides is 6. The summed E-state index contributed by atoms with van der Waals surface area (Å²) in [5, 5.41) is 0. The maximum atomic E-state index is 14.2. The normalized spacial score (nSPS) is 15.2. The first-order valence-corrected chi connectivity index (χ1v) is 25.9. The zero-order valence-corrected chi connectivity index (χ0v) is 46.6. The van der Waals surface area contributed by atoms with Crippen molar-refractivity contribution in [3.05, 3.63) is 87.1 Å². The van der Waals surface area contributed by atoms with E-state index in [9.17, 15) is 33.3 Å². The molecule has 6 rings (SSSR count). The van der Waals surface area contributed by atoms with Gasteiger partial charge in [-0.25, -0.2) is 4.57 Å². The summed E-state index contributed by atoms with van der Waals surface area (Å²) in [7, 11) is -4.68. The molecule has 296 valence electrons. The lowest BCUT2D eigenvalue weighted by Gasteiger charge is -2.22. The summed E-state index contributed by atoms with van der Waals surface area (Å²) < 4.78 is 35.9. The fourth-order valence-electron chi connectivity index (χ4n) is 5.64. The molecule has 0 bridgehead atoms. The standard InChI is InChI=1S/C30H12Br12N3O10P/c31-13-7-8(14(32)20(38)19(13)37)26(47)43(25(7)46)1-4-53-56(52,54-5-2-44-27(48)9-10(28(44)49)16(34)22(40)21(39)15(9)33)55-6-3-45-29(50)11-12(30(45)51)18(36)24(42)23(41)17(11)35/h1-6H2. The SMILES string of the molecule is O=C1c2c(Br)c(Br)c(Br)c(Br)c2C(=O)N1CCOP(=O)(OCCN1C(=O)c2c(Br)c(Br)c(Br)c(Br)c2C1=O)OCCN1C(=O)c2c(Br)c(Br)c(Br)c(Br)c2C1=O. The van der Waals surface area contributed by atoms with Gasteiger partial charge in [-0.15, -0.1) is 0 Å². The molecule has 13 nitrogen and oxygen atoms in total. The van der Waals surface area contributed by atoms with Crippen LogP contribution in [-0.4, -0.2) is 89.6 Å². The van der Waals surface area contributed by atoms with Crippen molar-refractivity contribution >= 4 is 234 Å². The molecule has 0 spiro atoms. The smallest absolute Gasteiger partial charge is 0.285 e. The monoisotopic (exact) mass is 1550 g/mol. The van der Waals surface area contributed by atoms with Crippen molar-refractivity contribution in [1.82, 2.24) is 14.7 Å². The molecular formula is C30H12Br12N3O10P. The molecule has 0 N–H and O–H groups in total. The molecule has 0 saturated heterocycles. The van der Waals surface area contributed by atoms with Gasteiger partial charge in [-0.1, -0.05) is 0 Å². The highest BCUT2D eigenvalue weighted by molar-refractivity contribution is 9.16. The van der Waals surface area contributed by atoms with Gasteiger partial charge in [0, 0.05) is 53.7 Å². The van der Waals surface area contributed by atoms with Crippen molar-refractivity contribution < 1.29 is 46.9 Å². The second-order valence-electron chi connectivity index (χ2n) is 11.3. The molecule has 0 aliphatic carbocycles. The number of fused-ring (bicyclic) bond motifs is 3. The summed E-state index contributed by atoms with van der Waals surface area (Å²) in [5.41, 5.74) is 0.523. The highest BCUT2D eigenvalue weighted by Crippen LogP contribution is 2.51. The number of hydrogen-bond donors (Lipinski definition) is 0. The minimum atomic E-state index is -4.68. The van der Waals surface area contributed by atoms with Crippen LogP contribution in [0.5, 0.6) is 0 Å². The summed E-state index contributed by atoms with van der Waals surface area (Å²) in [4.78, 5) is 83.0. The number of imide groups is 3. The van der Waals surface area contributed by atoms with Gasteiger partial charge in [-0.05, 0) is 191 Å². The Balaban J connectivity index is 1.19. The first kappa shape index (κ1) is 46.5. The van der Waals surface area contributed by atoms with Crippen LogP contribution in [0.2, 0.25) is 0 Å². The Labute approximate surface area is 416 Å². The summed E-state index contributed by atoms with van der Waals surface area (Å²) in [6.07, 6.45) is 0. The maximum Gasteiger partial charge on any atom is 0.474 e. The summed E-state index contributed by atoms with van der Waals surface area (Å²) in [6.45, 7) is -2.85. The van der Waals surface area contributed by atoms with Crippen molar-refractivity contribution in [1.29, 1.82) is 0 Å². The molecule has 0 atom stereocenters. The number of benzene rings is 3. The highest BCUT2D eigenvalue weighted by atomic mass is 79.9. The Morgan fingerprint density at radius 2 is 0.482 bits per heavy atom. The van der Waals surface area contributed by atoms with E-state index < -0.39 is 82.7 Å². The van der Waals surface area contributed by atoms with Crippen LogP contribution >= 0.6 is 199 Å². The van der Waals surface area contributed by atoms with Crippen LogP contribution in [0.15, 0.2) is 53.7 Å². The number of phosphoric acid groups is 1. The highest BCUT2D eigenvalue weighted by Gasteiger charge is 2.44. The zero-order valence-electron chi connectivity index (χ0n) is 26.6. The molecule has 3 heterocycles. The van der Waals surface area contributed by atoms with E-state index in [0.717, 1.165) is 14.7 Å². The second kappa shape index (κ2) is 18.0. The van der Waals surface area contributed by atoms with E-state index in [1.165, 1.54) is 0 Å². The van der Waals surface area contributed by atoms with Gasteiger partial charge in [-0.3, -0.25) is 57.0 Å². The van der Waals surface area contributed by atoms with Crippen LogP contribution < -0.4 is 0 Å². The molecule has 6 amide bonds. The Morgan fingerprint density at radius 3 is 0.643 bits per heavy atom. The molecule has 3 aromatic carbocycles. The minimum absolute atomic E-state index is 0.0872. The Kier molecular flexibility index (Phi) is 14.9. The van der Waals surface area contributed by atoms with Crippen molar-refractivity contribution in [2.24, 2.45) is 0 Å². The molecule has 0 fully saturated rings. The van der Waals surface area contributed by atoms with Crippen LogP contribution in [0.4, 0.5) is 0 Å². The van der Waals surface area contributed by atoms with E-state index in [1.54, 1.807) is 0 Å². The largest absolute Gasteiger partial charge is 0.474 e. The third-order valence-corrected chi connectivity index (χ3v) is 24.0. The van der Waals surface area contributed by atoms with Crippen LogP contribution in [0.25, 0.3) is 0 Å². The minimum Gasteiger partial charge on any atom is -0.285 e. The molecule has 3 aliphatic rings. The van der Waals surface area contributed by atoms with E-state index in [0.29, 0.717) is 53.7 Å². The van der Waals surface area contributed by atoms with Crippen LogP contribution in [0.1, 0.15) is 62.1 Å². The van der Waals surface area contributed by atoms with E-state index in [2.05, 4.69) is 191 Å². The molecule has 0 saturated carbocycles. The summed E-state index contributed by atoms with van der Waals surface area (Å²) in [5.74, 6) is -3.95. The van der Waals surface area contributed by atoms with E-state index >= 15 is 0 Å². The fourth-order valence-corrected chi connectivity index (χ4v) is 14.2.